The molecule has 2 unspecified atom stereocenters. The second kappa shape index (κ2) is 5.18. The molecular weight excluding hydrogens is 242 g/mol. The molecular formula is C19H27N. The molecule has 1 aromatic rings. The lowest BCUT2D eigenvalue weighted by atomic mass is 9.78. The maximum absolute atomic E-state index is 3.83. The third-order valence-corrected chi connectivity index (χ3v) is 5.82. The van der Waals surface area contributed by atoms with Crippen LogP contribution in [0, 0.1) is 17.3 Å². The van der Waals surface area contributed by atoms with Crippen molar-refractivity contribution in [2.75, 3.05) is 6.54 Å². The van der Waals surface area contributed by atoms with Crippen molar-refractivity contribution in [3.8, 4) is 0 Å². The fraction of sp³-hybridized carbons (Fsp3) is 0.684. The Morgan fingerprint density at radius 3 is 2.50 bits per heavy atom. The van der Waals surface area contributed by atoms with Crippen LogP contribution in [-0.4, -0.2) is 12.6 Å². The van der Waals surface area contributed by atoms with Gasteiger partial charge in [0.05, 0.1) is 0 Å². The number of rotatable bonds is 7. The van der Waals surface area contributed by atoms with Gasteiger partial charge in [0.25, 0.3) is 0 Å². The maximum Gasteiger partial charge on any atom is 0.00684 e. The average molecular weight is 269 g/mol. The predicted molar refractivity (Wildman–Crippen MR) is 83.7 cm³/mol. The van der Waals surface area contributed by atoms with Crippen molar-refractivity contribution in [2.24, 2.45) is 17.3 Å². The number of aryl methyl sites for hydroxylation is 1. The highest BCUT2D eigenvalue weighted by molar-refractivity contribution is 5.15. The molecule has 3 saturated carbocycles. The lowest BCUT2D eigenvalue weighted by molar-refractivity contribution is 0.224. The van der Waals surface area contributed by atoms with Gasteiger partial charge in [-0.3, -0.25) is 0 Å². The molecule has 0 aliphatic heterocycles. The van der Waals surface area contributed by atoms with E-state index in [9.17, 15) is 0 Å². The van der Waals surface area contributed by atoms with E-state index in [0.29, 0.717) is 5.41 Å². The van der Waals surface area contributed by atoms with Gasteiger partial charge in [-0.05, 0) is 74.2 Å². The van der Waals surface area contributed by atoms with Crippen molar-refractivity contribution in [1.29, 1.82) is 0 Å². The van der Waals surface area contributed by atoms with Gasteiger partial charge in [0.15, 0.2) is 0 Å². The minimum atomic E-state index is 0.658. The smallest absolute Gasteiger partial charge is 0.00684 e. The Morgan fingerprint density at radius 2 is 1.80 bits per heavy atom. The normalized spacial score (nSPS) is 35.0. The monoisotopic (exact) mass is 269 g/mol. The Hall–Kier alpha value is -0.820. The topological polar surface area (TPSA) is 12.0 Å². The molecule has 0 spiro atoms. The molecule has 0 aromatic heterocycles. The Labute approximate surface area is 123 Å². The third kappa shape index (κ3) is 2.93. The lowest BCUT2D eigenvalue weighted by Gasteiger charge is -2.31. The minimum Gasteiger partial charge on any atom is -0.313 e. The van der Waals surface area contributed by atoms with Crippen LogP contribution in [0.5, 0.6) is 0 Å². The predicted octanol–water partition coefficient (Wildman–Crippen LogP) is 4.18. The largest absolute Gasteiger partial charge is 0.313 e. The Bertz CT molecular complexity index is 438. The van der Waals surface area contributed by atoms with Crippen LogP contribution >= 0.6 is 0 Å². The molecule has 20 heavy (non-hydrogen) atoms. The first-order chi connectivity index (χ1) is 9.83. The van der Waals surface area contributed by atoms with Crippen LogP contribution in [0.1, 0.15) is 50.5 Å². The van der Waals surface area contributed by atoms with Gasteiger partial charge in [-0.25, -0.2) is 0 Å². The summed E-state index contributed by atoms with van der Waals surface area (Å²) in [5.74, 6) is 2.21. The summed E-state index contributed by atoms with van der Waals surface area (Å²) in [6.07, 6.45) is 11.5. The zero-order valence-electron chi connectivity index (χ0n) is 12.5. The van der Waals surface area contributed by atoms with Gasteiger partial charge >= 0.3 is 0 Å². The van der Waals surface area contributed by atoms with E-state index in [4.69, 9.17) is 0 Å². The molecule has 0 amide bonds. The second-order valence-corrected chi connectivity index (χ2v) is 7.66. The van der Waals surface area contributed by atoms with Crippen molar-refractivity contribution < 1.29 is 0 Å². The summed E-state index contributed by atoms with van der Waals surface area (Å²) in [6.45, 7) is 1.31. The van der Waals surface area contributed by atoms with Crippen LogP contribution in [0.15, 0.2) is 30.3 Å². The van der Waals surface area contributed by atoms with Crippen LogP contribution < -0.4 is 5.32 Å². The highest BCUT2D eigenvalue weighted by Gasteiger charge is 2.53. The number of hydrogen-bond acceptors (Lipinski definition) is 1. The lowest BCUT2D eigenvalue weighted by Crippen LogP contribution is -2.34. The number of hydrogen-bond donors (Lipinski definition) is 1. The molecule has 1 nitrogen and oxygen atoms in total. The maximum atomic E-state index is 3.83. The van der Waals surface area contributed by atoms with Crippen LogP contribution in [0.25, 0.3) is 0 Å². The standard InChI is InChI=1S/C19H27N/c1-2-5-15(6-3-1)7-4-10-19(14-20-18-8-9-18)12-16-11-17(16)13-19/h1-3,5-6,16-18,20H,4,7-14H2. The number of fused-ring (bicyclic) bond motifs is 1. The van der Waals surface area contributed by atoms with E-state index in [1.54, 1.807) is 6.42 Å². The quantitative estimate of drug-likeness (QED) is 0.783. The summed E-state index contributed by atoms with van der Waals surface area (Å²) in [5.41, 5.74) is 2.17. The number of benzene rings is 1. The molecule has 3 aliphatic carbocycles. The van der Waals surface area contributed by atoms with Crippen LogP contribution in [0.3, 0.4) is 0 Å². The molecule has 3 aliphatic rings. The zero-order chi connectivity index (χ0) is 13.4. The van der Waals surface area contributed by atoms with Gasteiger partial charge in [0.1, 0.15) is 0 Å². The van der Waals surface area contributed by atoms with Crippen molar-refractivity contribution in [2.45, 2.75) is 57.4 Å². The van der Waals surface area contributed by atoms with E-state index in [0.717, 1.165) is 17.9 Å². The first-order valence-electron chi connectivity index (χ1n) is 8.60. The molecule has 4 rings (SSSR count). The molecule has 2 atom stereocenters. The van der Waals surface area contributed by atoms with E-state index in [1.807, 2.05) is 0 Å². The SMILES string of the molecule is c1ccc(CCCC2(CNC3CC3)CC3CC3C2)cc1. The summed E-state index contributed by atoms with van der Waals surface area (Å²) in [6, 6.07) is 11.9. The molecule has 3 fully saturated rings. The molecule has 1 N–H and O–H groups in total. The molecule has 0 bridgehead atoms. The Kier molecular flexibility index (Phi) is 3.34. The molecule has 0 heterocycles. The van der Waals surface area contributed by atoms with Crippen molar-refractivity contribution in [3.63, 3.8) is 0 Å². The average Bonchev–Trinajstić information content (AvgIpc) is 3.39. The van der Waals surface area contributed by atoms with Crippen LogP contribution in [0.4, 0.5) is 0 Å². The minimum absolute atomic E-state index is 0.658. The molecule has 1 aromatic carbocycles. The van der Waals surface area contributed by atoms with E-state index in [2.05, 4.69) is 35.6 Å². The molecule has 108 valence electrons. The van der Waals surface area contributed by atoms with E-state index < -0.39 is 0 Å². The Balaban J connectivity index is 1.31. The molecule has 0 radical (unpaired) electrons. The number of nitrogens with one attached hydrogen (secondary N) is 1. The third-order valence-electron chi connectivity index (χ3n) is 5.82. The second-order valence-electron chi connectivity index (χ2n) is 7.66. The van der Waals surface area contributed by atoms with Gasteiger partial charge in [-0.2, -0.15) is 0 Å². The van der Waals surface area contributed by atoms with Gasteiger partial charge in [0.2, 0.25) is 0 Å². The fourth-order valence-corrected chi connectivity index (χ4v) is 4.40. The summed E-state index contributed by atoms with van der Waals surface area (Å²) in [7, 11) is 0. The van der Waals surface area contributed by atoms with Crippen LogP contribution in [0.2, 0.25) is 0 Å². The summed E-state index contributed by atoms with van der Waals surface area (Å²) in [5, 5.41) is 3.83. The first-order valence-corrected chi connectivity index (χ1v) is 8.60. The van der Waals surface area contributed by atoms with Crippen molar-refractivity contribution >= 4 is 0 Å². The van der Waals surface area contributed by atoms with E-state index >= 15 is 0 Å². The fourth-order valence-electron chi connectivity index (χ4n) is 4.40. The Morgan fingerprint density at radius 1 is 1.05 bits per heavy atom. The summed E-state index contributed by atoms with van der Waals surface area (Å²) >= 11 is 0. The zero-order valence-corrected chi connectivity index (χ0v) is 12.5. The molecule has 0 saturated heterocycles. The summed E-state index contributed by atoms with van der Waals surface area (Å²) < 4.78 is 0. The van der Waals surface area contributed by atoms with Gasteiger partial charge in [-0.1, -0.05) is 30.3 Å². The highest BCUT2D eigenvalue weighted by Crippen LogP contribution is 2.61. The van der Waals surface area contributed by atoms with E-state index in [1.165, 1.54) is 57.1 Å². The van der Waals surface area contributed by atoms with Gasteiger partial charge in [0, 0.05) is 12.6 Å². The highest BCUT2D eigenvalue weighted by atomic mass is 15.0. The van der Waals surface area contributed by atoms with Gasteiger partial charge in [-0.15, -0.1) is 0 Å². The van der Waals surface area contributed by atoms with Gasteiger partial charge < -0.3 is 5.32 Å². The van der Waals surface area contributed by atoms with Crippen molar-refractivity contribution in [3.05, 3.63) is 35.9 Å². The summed E-state index contributed by atoms with van der Waals surface area (Å²) in [4.78, 5) is 0. The van der Waals surface area contributed by atoms with Crippen molar-refractivity contribution in [1.82, 2.24) is 5.32 Å². The van der Waals surface area contributed by atoms with Crippen LogP contribution in [-0.2, 0) is 6.42 Å². The first kappa shape index (κ1) is 12.9. The van der Waals surface area contributed by atoms with E-state index in [-0.39, 0.29) is 0 Å². The molecule has 1 heteroatoms.